The Morgan fingerprint density at radius 1 is 0.857 bits per heavy atom. The molecule has 4 aromatic rings. The van der Waals surface area contributed by atoms with Gasteiger partial charge in [-0.15, -0.1) is 22.7 Å². The minimum atomic E-state index is -0.486. The number of thiophene rings is 2. The molecule has 1 aliphatic heterocycles. The zero-order valence-corrected chi connectivity index (χ0v) is 20.9. The molecular formula is C22H10N8OS4. The number of rotatable bonds is 2. The SMILES string of the molecule is [C-]#[N+]C(C#N)=Nc1nc2sc3c(c2s1)OC1(CCCCC1)c1c-3sc2nc(N=C(C#N)[N+]#[C-])sc12. The second kappa shape index (κ2) is 8.20. The predicted molar refractivity (Wildman–Crippen MR) is 138 cm³/mol. The molecule has 6 rings (SSSR count). The van der Waals surface area contributed by atoms with Crippen LogP contribution in [0.4, 0.5) is 10.3 Å². The number of aliphatic imine (C=N–C) groups is 2. The maximum Gasteiger partial charge on any atom is 0.352 e. The fourth-order valence-corrected chi connectivity index (χ4v) is 9.32. The maximum absolute atomic E-state index is 9.08. The van der Waals surface area contributed by atoms with E-state index in [1.54, 1.807) is 23.5 Å². The Bertz CT molecular complexity index is 1730. The summed E-state index contributed by atoms with van der Waals surface area (Å²) in [5.74, 6) is 0.326. The van der Waals surface area contributed by atoms with Gasteiger partial charge >= 0.3 is 21.9 Å². The Kier molecular flexibility index (Phi) is 5.10. The van der Waals surface area contributed by atoms with Crippen molar-refractivity contribution in [2.75, 3.05) is 0 Å². The number of ether oxygens (including phenoxy) is 1. The summed E-state index contributed by atoms with van der Waals surface area (Å²) in [6, 6.07) is 3.58. The van der Waals surface area contributed by atoms with Gasteiger partial charge in [-0.2, -0.15) is 9.97 Å². The van der Waals surface area contributed by atoms with Gasteiger partial charge in [-0.3, -0.25) is 0 Å². The van der Waals surface area contributed by atoms with Crippen molar-refractivity contribution >= 4 is 86.3 Å². The monoisotopic (exact) mass is 530 g/mol. The largest absolute Gasteiger partial charge is 0.479 e. The summed E-state index contributed by atoms with van der Waals surface area (Å²) >= 11 is 5.82. The second-order valence-electron chi connectivity index (χ2n) is 7.80. The average molecular weight is 531 g/mol. The van der Waals surface area contributed by atoms with Gasteiger partial charge in [0.25, 0.3) is 0 Å². The molecule has 1 spiro atoms. The summed E-state index contributed by atoms with van der Waals surface area (Å²) in [5.41, 5.74) is 0.650. The molecule has 4 aromatic heterocycles. The zero-order valence-electron chi connectivity index (χ0n) is 17.7. The highest BCUT2D eigenvalue weighted by molar-refractivity contribution is 7.35. The van der Waals surface area contributed by atoms with Crippen molar-refractivity contribution in [3.8, 4) is 27.6 Å². The number of thiazole rings is 2. The summed E-state index contributed by atoms with van der Waals surface area (Å²) in [5, 5.41) is 18.9. The van der Waals surface area contributed by atoms with Crippen LogP contribution in [0.15, 0.2) is 9.98 Å². The lowest BCUT2D eigenvalue weighted by atomic mass is 9.78. The zero-order chi connectivity index (χ0) is 24.2. The summed E-state index contributed by atoms with van der Waals surface area (Å²) in [7, 11) is 0. The van der Waals surface area contributed by atoms with Gasteiger partial charge in [0, 0.05) is 5.56 Å². The van der Waals surface area contributed by atoms with Crippen molar-refractivity contribution in [1.29, 1.82) is 10.5 Å². The van der Waals surface area contributed by atoms with Crippen LogP contribution in [0.1, 0.15) is 37.7 Å². The molecule has 1 aliphatic carbocycles. The van der Waals surface area contributed by atoms with E-state index in [4.69, 9.17) is 28.4 Å². The molecule has 0 atom stereocenters. The van der Waals surface area contributed by atoms with Crippen molar-refractivity contribution in [2.24, 2.45) is 9.98 Å². The van der Waals surface area contributed by atoms with E-state index in [2.05, 4.69) is 29.6 Å². The topological polar surface area (TPSA) is 116 Å². The van der Waals surface area contributed by atoms with Crippen LogP contribution in [0.3, 0.4) is 0 Å². The summed E-state index contributed by atoms with van der Waals surface area (Å²) < 4.78 is 8.75. The highest BCUT2D eigenvalue weighted by Gasteiger charge is 2.47. The van der Waals surface area contributed by atoms with E-state index >= 15 is 0 Å². The Balaban J connectivity index is 1.55. The van der Waals surface area contributed by atoms with Crippen LogP contribution in [0, 0.1) is 35.8 Å². The Hall–Kier alpha value is -3.72. The molecule has 0 N–H and O–H groups in total. The fourth-order valence-electron chi connectivity index (χ4n) is 4.49. The quantitative estimate of drug-likeness (QED) is 0.154. The van der Waals surface area contributed by atoms with E-state index < -0.39 is 5.60 Å². The molecule has 1 saturated carbocycles. The van der Waals surface area contributed by atoms with Crippen molar-refractivity contribution in [3.63, 3.8) is 0 Å². The minimum absolute atomic E-state index is 0.230. The molecule has 0 saturated heterocycles. The van der Waals surface area contributed by atoms with Crippen LogP contribution in [0.2, 0.25) is 0 Å². The van der Waals surface area contributed by atoms with Gasteiger partial charge in [0.05, 0.1) is 14.5 Å². The van der Waals surface area contributed by atoms with E-state index in [1.807, 2.05) is 0 Å². The third kappa shape index (κ3) is 3.33. The normalized spacial score (nSPS) is 16.7. The van der Waals surface area contributed by atoms with Crippen LogP contribution >= 0.6 is 45.3 Å². The van der Waals surface area contributed by atoms with Crippen LogP contribution in [0.25, 0.3) is 38.5 Å². The molecule has 1 fully saturated rings. The molecule has 0 bridgehead atoms. The lowest BCUT2D eigenvalue weighted by Crippen LogP contribution is -2.37. The van der Waals surface area contributed by atoms with Gasteiger partial charge in [0.2, 0.25) is 0 Å². The van der Waals surface area contributed by atoms with E-state index in [1.165, 1.54) is 34.0 Å². The molecule has 13 heteroatoms. The first kappa shape index (κ1) is 21.8. The van der Waals surface area contributed by atoms with Crippen LogP contribution in [-0.2, 0) is 5.60 Å². The number of amidine groups is 2. The molecule has 0 unspecified atom stereocenters. The minimum Gasteiger partial charge on any atom is -0.479 e. The highest BCUT2D eigenvalue weighted by atomic mass is 32.1. The first-order valence-electron chi connectivity index (χ1n) is 10.4. The van der Waals surface area contributed by atoms with Gasteiger partial charge in [-0.05, 0) is 25.7 Å². The summed E-state index contributed by atoms with van der Waals surface area (Å²) in [6.45, 7) is 14.2. The number of aromatic nitrogens is 2. The van der Waals surface area contributed by atoms with E-state index in [9.17, 15) is 0 Å². The smallest absolute Gasteiger partial charge is 0.352 e. The first-order chi connectivity index (χ1) is 17.1. The molecule has 168 valence electrons. The van der Waals surface area contributed by atoms with Crippen molar-refractivity contribution < 1.29 is 4.74 Å². The maximum atomic E-state index is 9.08. The molecular weight excluding hydrogens is 521 g/mol. The molecule has 2 aliphatic rings. The summed E-state index contributed by atoms with van der Waals surface area (Å²) in [4.78, 5) is 27.4. The Morgan fingerprint density at radius 2 is 1.43 bits per heavy atom. The number of nitrogens with zero attached hydrogens (tertiary/aromatic N) is 8. The standard InChI is InChI=1S/C22H10N8OS4/c1-25-10(8-23)27-20-29-18-15(34-20)12-14(32-18)16-13(31-22(12)6-4-3-5-7-22)17-19(33-16)30-21(35-17)28-11(9-24)26-2/h3-7H2. The van der Waals surface area contributed by atoms with Crippen LogP contribution < -0.4 is 4.74 Å². The third-order valence-electron chi connectivity index (χ3n) is 5.87. The number of hydrogen-bond acceptors (Lipinski definition) is 11. The third-order valence-corrected chi connectivity index (χ3v) is 10.4. The van der Waals surface area contributed by atoms with Crippen LogP contribution in [-0.4, -0.2) is 21.6 Å². The first-order valence-corrected chi connectivity index (χ1v) is 13.6. The van der Waals surface area contributed by atoms with Crippen molar-refractivity contribution in [2.45, 2.75) is 37.7 Å². The molecule has 9 nitrogen and oxygen atoms in total. The van der Waals surface area contributed by atoms with E-state index in [0.717, 1.165) is 72.2 Å². The van der Waals surface area contributed by atoms with Gasteiger partial charge < -0.3 is 14.4 Å². The predicted octanol–water partition coefficient (Wildman–Crippen LogP) is 7.19. The molecule has 0 radical (unpaired) electrons. The van der Waals surface area contributed by atoms with E-state index in [0.29, 0.717) is 10.3 Å². The van der Waals surface area contributed by atoms with Gasteiger partial charge in [0.1, 0.15) is 32.1 Å². The second-order valence-corrected chi connectivity index (χ2v) is 11.8. The molecule has 0 amide bonds. The van der Waals surface area contributed by atoms with Gasteiger partial charge in [0.15, 0.2) is 5.75 Å². The fraction of sp³-hybridized carbons (Fsp3) is 0.273. The Labute approximate surface area is 214 Å². The van der Waals surface area contributed by atoms with E-state index in [-0.39, 0.29) is 11.7 Å². The average Bonchev–Trinajstić information content (AvgIpc) is 3.61. The van der Waals surface area contributed by atoms with Crippen molar-refractivity contribution in [1.82, 2.24) is 9.97 Å². The number of fused-ring (bicyclic) bond motifs is 8. The van der Waals surface area contributed by atoms with Gasteiger partial charge in [-0.25, -0.2) is 10.5 Å². The lowest BCUT2D eigenvalue weighted by Gasteiger charge is -2.40. The molecule has 5 heterocycles. The molecule has 35 heavy (non-hydrogen) atoms. The van der Waals surface area contributed by atoms with Gasteiger partial charge in [-0.1, -0.05) is 52.2 Å². The lowest BCUT2D eigenvalue weighted by molar-refractivity contribution is 0.0282. The highest BCUT2D eigenvalue weighted by Crippen LogP contribution is 2.62. The van der Waals surface area contributed by atoms with Crippen LogP contribution in [0.5, 0.6) is 5.75 Å². The molecule has 0 aromatic carbocycles. The number of hydrogen-bond donors (Lipinski definition) is 0. The number of nitriles is 2. The summed E-state index contributed by atoms with van der Waals surface area (Å²) in [6.07, 6.45) is 5.01. The Morgan fingerprint density at radius 3 is 2.03 bits per heavy atom. The van der Waals surface area contributed by atoms with Crippen molar-refractivity contribution in [3.05, 3.63) is 28.4 Å².